The van der Waals surface area contributed by atoms with E-state index in [-0.39, 0.29) is 11.7 Å². The van der Waals surface area contributed by atoms with E-state index in [1.165, 1.54) is 17.0 Å². The van der Waals surface area contributed by atoms with Gasteiger partial charge in [0.2, 0.25) is 0 Å². The molecule has 30 heavy (non-hydrogen) atoms. The number of nitrogens with zero attached hydrogens (tertiary/aromatic N) is 1. The fourth-order valence-electron chi connectivity index (χ4n) is 3.62. The number of rotatable bonds is 6. The summed E-state index contributed by atoms with van der Waals surface area (Å²) in [6, 6.07) is 14.9. The van der Waals surface area contributed by atoms with Gasteiger partial charge < -0.3 is 20.1 Å². The predicted octanol–water partition coefficient (Wildman–Crippen LogP) is 5.08. The third kappa shape index (κ3) is 4.76. The zero-order valence-electron chi connectivity index (χ0n) is 16.4. The van der Waals surface area contributed by atoms with Crippen LogP contribution in [0.2, 0.25) is 0 Å². The van der Waals surface area contributed by atoms with Gasteiger partial charge in [-0.05, 0) is 60.9 Å². The van der Waals surface area contributed by atoms with E-state index in [1.807, 2.05) is 0 Å². The second-order valence-corrected chi connectivity index (χ2v) is 8.16. The minimum atomic E-state index is -0.941. The molecule has 0 saturated heterocycles. The Bertz CT molecular complexity index is 994. The smallest absolute Gasteiger partial charge is 0.335 e. The Morgan fingerprint density at radius 2 is 1.90 bits per heavy atom. The predicted molar refractivity (Wildman–Crippen MR) is 120 cm³/mol. The van der Waals surface area contributed by atoms with Crippen LogP contribution in [-0.4, -0.2) is 28.7 Å². The minimum Gasteiger partial charge on any atom is -0.489 e. The average Bonchev–Trinajstić information content (AvgIpc) is 3.03. The molecule has 0 spiro atoms. The molecule has 1 unspecified atom stereocenters. The van der Waals surface area contributed by atoms with Crippen molar-refractivity contribution >= 4 is 21.9 Å². The number of carboxylic acids is 1. The van der Waals surface area contributed by atoms with Crippen molar-refractivity contribution in [1.82, 2.24) is 10.2 Å². The van der Waals surface area contributed by atoms with Gasteiger partial charge in [0.1, 0.15) is 18.5 Å². The van der Waals surface area contributed by atoms with E-state index in [4.69, 9.17) is 9.84 Å². The summed E-state index contributed by atoms with van der Waals surface area (Å²) in [4.78, 5) is 13.4. The van der Waals surface area contributed by atoms with Crippen molar-refractivity contribution in [1.29, 1.82) is 0 Å². The molecule has 1 aliphatic heterocycles. The Kier molecular flexibility index (Phi) is 6.23. The summed E-state index contributed by atoms with van der Waals surface area (Å²) in [5, 5.41) is 12.7. The molecule has 0 saturated carbocycles. The molecule has 1 heterocycles. The molecule has 5 nitrogen and oxygen atoms in total. The number of hydrogen-bond acceptors (Lipinski definition) is 4. The summed E-state index contributed by atoms with van der Waals surface area (Å²) in [5.74, 6) is -0.286. The average molecular weight is 467 g/mol. The van der Waals surface area contributed by atoms with Crippen LogP contribution in [0.25, 0.3) is 0 Å². The second-order valence-electron chi connectivity index (χ2n) is 7.24. The monoisotopic (exact) mass is 466 g/mol. The summed E-state index contributed by atoms with van der Waals surface area (Å²) < 4.78 is 7.07. The number of benzene rings is 2. The highest BCUT2D eigenvalue weighted by atomic mass is 79.9. The fourth-order valence-corrected chi connectivity index (χ4v) is 3.89. The Labute approximate surface area is 184 Å². The molecule has 6 heteroatoms. The number of hydrogen-bond donors (Lipinski definition) is 2. The Hall–Kier alpha value is -2.99. The molecular formula is C24H23BrN2O3. The van der Waals surface area contributed by atoms with E-state index < -0.39 is 5.97 Å². The van der Waals surface area contributed by atoms with Crippen LogP contribution < -0.4 is 10.1 Å². The molecule has 1 aliphatic carbocycles. The normalized spacial score (nSPS) is 20.0. The largest absolute Gasteiger partial charge is 0.489 e. The van der Waals surface area contributed by atoms with Crippen molar-refractivity contribution in [3.8, 4) is 5.75 Å². The lowest BCUT2D eigenvalue weighted by Crippen LogP contribution is -2.41. The number of nitrogens with one attached hydrogen (secondary N) is 1. The molecule has 1 atom stereocenters. The van der Waals surface area contributed by atoms with Crippen molar-refractivity contribution in [2.24, 2.45) is 0 Å². The molecule has 2 aromatic rings. The van der Waals surface area contributed by atoms with Crippen LogP contribution in [0, 0.1) is 0 Å². The lowest BCUT2D eigenvalue weighted by atomic mass is 10.1. The summed E-state index contributed by atoms with van der Waals surface area (Å²) in [7, 11) is 0. The van der Waals surface area contributed by atoms with E-state index in [0.717, 1.165) is 23.9 Å². The summed E-state index contributed by atoms with van der Waals surface area (Å²) in [6.07, 6.45) is 10.4. The van der Waals surface area contributed by atoms with E-state index in [0.29, 0.717) is 12.4 Å². The number of carboxylic acid groups (broad SMARTS) is 1. The molecule has 2 aromatic carbocycles. The van der Waals surface area contributed by atoms with Gasteiger partial charge in [-0.1, -0.05) is 46.3 Å². The van der Waals surface area contributed by atoms with Gasteiger partial charge in [0.15, 0.2) is 0 Å². The highest BCUT2D eigenvalue weighted by Gasteiger charge is 2.30. The minimum absolute atomic E-state index is 0.0134. The van der Waals surface area contributed by atoms with E-state index in [9.17, 15) is 4.79 Å². The van der Waals surface area contributed by atoms with Crippen LogP contribution in [0.1, 0.15) is 28.8 Å². The molecule has 4 rings (SSSR count). The van der Waals surface area contributed by atoms with Gasteiger partial charge in [-0.15, -0.1) is 0 Å². The van der Waals surface area contributed by atoms with Gasteiger partial charge in [0, 0.05) is 16.7 Å². The lowest BCUT2D eigenvalue weighted by molar-refractivity contribution is 0.0697. The zero-order valence-corrected chi connectivity index (χ0v) is 18.0. The lowest BCUT2D eigenvalue weighted by Gasteiger charge is -2.28. The van der Waals surface area contributed by atoms with Gasteiger partial charge in [0.05, 0.1) is 11.3 Å². The third-order valence-electron chi connectivity index (χ3n) is 5.17. The molecule has 0 bridgehead atoms. The van der Waals surface area contributed by atoms with Crippen LogP contribution in [0.15, 0.2) is 88.7 Å². The number of allylic oxidation sites excluding steroid dienone is 5. The first kappa shape index (κ1) is 20.3. The first-order valence-electron chi connectivity index (χ1n) is 9.90. The van der Waals surface area contributed by atoms with Crippen molar-refractivity contribution < 1.29 is 14.6 Å². The summed E-state index contributed by atoms with van der Waals surface area (Å²) >= 11 is 3.50. The third-order valence-corrected chi connectivity index (χ3v) is 5.70. The first-order chi connectivity index (χ1) is 14.6. The van der Waals surface area contributed by atoms with Crippen LogP contribution in [0.5, 0.6) is 5.75 Å². The van der Waals surface area contributed by atoms with Crippen molar-refractivity contribution in [3.63, 3.8) is 0 Å². The standard InChI is InChI=1S/C24H23BrN2O3/c25-19-11-7-17(8-12-19)15-27-22-6-4-2-1-3-5-21(22)26-23(27)16-30-20-13-9-18(10-14-20)24(28)29/h1-2,4,6-14,23,26H,3,5,15-16H2,(H,28,29)/b2-1-,6-4-. The number of ether oxygens (including phenoxy) is 1. The van der Waals surface area contributed by atoms with E-state index in [2.05, 4.69) is 74.7 Å². The van der Waals surface area contributed by atoms with E-state index in [1.54, 1.807) is 24.3 Å². The highest BCUT2D eigenvalue weighted by molar-refractivity contribution is 9.10. The van der Waals surface area contributed by atoms with Crippen LogP contribution in [0.4, 0.5) is 0 Å². The molecule has 0 fully saturated rings. The maximum atomic E-state index is 11.0. The highest BCUT2D eigenvalue weighted by Crippen LogP contribution is 2.28. The van der Waals surface area contributed by atoms with Crippen LogP contribution in [-0.2, 0) is 6.54 Å². The number of aromatic carboxylic acids is 1. The van der Waals surface area contributed by atoms with E-state index >= 15 is 0 Å². The SMILES string of the molecule is O=C(O)c1ccc(OCC2NC3=C(/C=C\C=C/CC3)N2Cc2ccc(Br)cc2)cc1. The van der Waals surface area contributed by atoms with Crippen LogP contribution in [0.3, 0.4) is 0 Å². The van der Waals surface area contributed by atoms with Crippen molar-refractivity contribution in [2.75, 3.05) is 6.61 Å². The Morgan fingerprint density at radius 3 is 2.63 bits per heavy atom. The van der Waals surface area contributed by atoms with Gasteiger partial charge in [-0.25, -0.2) is 4.79 Å². The maximum absolute atomic E-state index is 11.0. The molecular weight excluding hydrogens is 444 g/mol. The molecule has 0 aromatic heterocycles. The van der Waals surface area contributed by atoms with Gasteiger partial charge in [0.25, 0.3) is 0 Å². The zero-order chi connectivity index (χ0) is 20.9. The fraction of sp³-hybridized carbons (Fsp3) is 0.208. The molecule has 0 amide bonds. The molecule has 154 valence electrons. The molecule has 0 radical (unpaired) electrons. The van der Waals surface area contributed by atoms with Crippen molar-refractivity contribution in [3.05, 3.63) is 99.8 Å². The van der Waals surface area contributed by atoms with Gasteiger partial charge in [-0.3, -0.25) is 0 Å². The van der Waals surface area contributed by atoms with Crippen LogP contribution >= 0.6 is 15.9 Å². The first-order valence-corrected chi connectivity index (χ1v) is 10.7. The topological polar surface area (TPSA) is 61.8 Å². The molecule has 2 N–H and O–H groups in total. The summed E-state index contributed by atoms with van der Waals surface area (Å²) in [6.45, 7) is 1.20. The van der Waals surface area contributed by atoms with Gasteiger partial charge >= 0.3 is 5.97 Å². The Morgan fingerprint density at radius 1 is 1.13 bits per heavy atom. The quantitative estimate of drug-likeness (QED) is 0.621. The second kappa shape index (κ2) is 9.22. The maximum Gasteiger partial charge on any atom is 0.335 e. The number of halogens is 1. The van der Waals surface area contributed by atoms with Crippen molar-refractivity contribution in [2.45, 2.75) is 25.6 Å². The van der Waals surface area contributed by atoms with Gasteiger partial charge in [-0.2, -0.15) is 0 Å². The molecule has 2 aliphatic rings. The number of carbonyl (C=O) groups is 1. The summed E-state index contributed by atoms with van der Waals surface area (Å²) in [5.41, 5.74) is 3.88. The Balaban J connectivity index is 1.51.